The monoisotopic (exact) mass is 390 g/mol. The molecule has 0 bridgehead atoms. The average molecular weight is 390 g/mol. The summed E-state index contributed by atoms with van der Waals surface area (Å²) >= 11 is 0. The van der Waals surface area contributed by atoms with E-state index in [1.807, 2.05) is 25.1 Å². The lowest BCUT2D eigenvalue weighted by Gasteiger charge is -2.29. The largest absolute Gasteiger partial charge is 0.486 e. The second kappa shape index (κ2) is 7.28. The van der Waals surface area contributed by atoms with E-state index in [0.717, 1.165) is 24.3 Å². The molecule has 0 aliphatic carbocycles. The van der Waals surface area contributed by atoms with E-state index in [4.69, 9.17) is 14.2 Å². The van der Waals surface area contributed by atoms with Crippen LogP contribution in [0.5, 0.6) is 11.5 Å². The topological polar surface area (TPSA) is 77.1 Å². The summed E-state index contributed by atoms with van der Waals surface area (Å²) in [4.78, 5) is 2.33. The van der Waals surface area contributed by atoms with Crippen LogP contribution in [0.2, 0.25) is 0 Å². The van der Waals surface area contributed by atoms with Gasteiger partial charge >= 0.3 is 0 Å². The van der Waals surface area contributed by atoms with E-state index < -0.39 is 10.0 Å². The van der Waals surface area contributed by atoms with Gasteiger partial charge in [0.1, 0.15) is 13.2 Å². The Hall–Kier alpha value is -2.45. The molecule has 7 nitrogen and oxygen atoms in total. The van der Waals surface area contributed by atoms with Gasteiger partial charge in [0.25, 0.3) is 10.0 Å². The number of hydrogen-bond acceptors (Lipinski definition) is 6. The molecule has 4 rings (SSSR count). The van der Waals surface area contributed by atoms with Crippen LogP contribution in [-0.2, 0) is 14.8 Å². The van der Waals surface area contributed by atoms with Gasteiger partial charge in [-0.05, 0) is 36.8 Å². The average Bonchev–Trinajstić information content (AvgIpc) is 2.70. The van der Waals surface area contributed by atoms with Crippen LogP contribution < -0.4 is 19.1 Å². The van der Waals surface area contributed by atoms with Crippen LogP contribution in [0.15, 0.2) is 41.3 Å². The smallest absolute Gasteiger partial charge is 0.262 e. The van der Waals surface area contributed by atoms with E-state index in [9.17, 15) is 8.42 Å². The third-order valence-corrected chi connectivity index (χ3v) is 6.03. The third kappa shape index (κ3) is 3.81. The Morgan fingerprint density at radius 3 is 2.44 bits per heavy atom. The zero-order chi connectivity index (χ0) is 18.9. The van der Waals surface area contributed by atoms with Crippen molar-refractivity contribution < 1.29 is 22.6 Å². The van der Waals surface area contributed by atoms with Gasteiger partial charge < -0.3 is 19.1 Å². The highest BCUT2D eigenvalue weighted by molar-refractivity contribution is 7.92. The Balaban J connectivity index is 1.60. The van der Waals surface area contributed by atoms with Crippen molar-refractivity contribution in [1.29, 1.82) is 0 Å². The number of nitrogens with zero attached hydrogens (tertiary/aromatic N) is 1. The van der Waals surface area contributed by atoms with Gasteiger partial charge in [-0.1, -0.05) is 6.07 Å². The van der Waals surface area contributed by atoms with Crippen molar-refractivity contribution in [1.82, 2.24) is 0 Å². The summed E-state index contributed by atoms with van der Waals surface area (Å²) in [5, 5.41) is 0. The van der Waals surface area contributed by atoms with Crippen LogP contribution in [0.1, 0.15) is 5.56 Å². The number of nitrogens with one attached hydrogen (secondary N) is 1. The molecule has 0 radical (unpaired) electrons. The molecule has 2 heterocycles. The Morgan fingerprint density at radius 1 is 0.926 bits per heavy atom. The van der Waals surface area contributed by atoms with Crippen molar-refractivity contribution >= 4 is 21.4 Å². The number of morpholine rings is 1. The zero-order valence-corrected chi connectivity index (χ0v) is 15.9. The van der Waals surface area contributed by atoms with Gasteiger partial charge in [0, 0.05) is 24.8 Å². The van der Waals surface area contributed by atoms with E-state index in [1.54, 1.807) is 6.07 Å². The number of hydrogen-bond donors (Lipinski definition) is 1. The summed E-state index contributed by atoms with van der Waals surface area (Å²) in [7, 11) is -3.75. The highest BCUT2D eigenvalue weighted by Crippen LogP contribution is 2.33. The summed E-state index contributed by atoms with van der Waals surface area (Å²) in [6, 6.07) is 10.4. The van der Waals surface area contributed by atoms with Crippen molar-refractivity contribution in [3.05, 3.63) is 42.0 Å². The summed E-state index contributed by atoms with van der Waals surface area (Å²) in [6.07, 6.45) is 0. The van der Waals surface area contributed by atoms with Crippen molar-refractivity contribution in [2.45, 2.75) is 11.8 Å². The lowest BCUT2D eigenvalue weighted by molar-refractivity contribution is 0.122. The van der Waals surface area contributed by atoms with Gasteiger partial charge in [-0.15, -0.1) is 0 Å². The van der Waals surface area contributed by atoms with Crippen LogP contribution in [0.4, 0.5) is 11.4 Å². The minimum absolute atomic E-state index is 0.142. The molecule has 0 atom stereocenters. The molecule has 2 aliphatic heterocycles. The molecule has 2 aromatic rings. The summed E-state index contributed by atoms with van der Waals surface area (Å²) in [5.41, 5.74) is 2.39. The number of sulfonamides is 1. The maximum Gasteiger partial charge on any atom is 0.262 e. The van der Waals surface area contributed by atoms with Crippen LogP contribution in [0.3, 0.4) is 0 Å². The van der Waals surface area contributed by atoms with Crippen molar-refractivity contribution in [2.75, 3.05) is 49.1 Å². The van der Waals surface area contributed by atoms with Crippen LogP contribution in [0, 0.1) is 6.92 Å². The van der Waals surface area contributed by atoms with Gasteiger partial charge in [0.2, 0.25) is 0 Å². The molecule has 0 saturated carbocycles. The molecule has 27 heavy (non-hydrogen) atoms. The fraction of sp³-hybridized carbons (Fsp3) is 0.368. The lowest BCUT2D eigenvalue weighted by atomic mass is 10.1. The maximum atomic E-state index is 12.9. The molecule has 0 unspecified atom stereocenters. The second-order valence-electron chi connectivity index (χ2n) is 6.51. The highest BCUT2D eigenvalue weighted by Gasteiger charge is 2.21. The summed E-state index contributed by atoms with van der Waals surface area (Å²) < 4.78 is 44.8. The number of ether oxygens (including phenoxy) is 3. The quantitative estimate of drug-likeness (QED) is 0.864. The molecule has 2 aromatic carbocycles. The van der Waals surface area contributed by atoms with E-state index in [0.29, 0.717) is 43.6 Å². The molecule has 1 saturated heterocycles. The van der Waals surface area contributed by atoms with Crippen LogP contribution >= 0.6 is 0 Å². The molecular formula is C19H22N2O5S. The minimum Gasteiger partial charge on any atom is -0.486 e. The number of rotatable bonds is 4. The Morgan fingerprint density at radius 2 is 1.67 bits per heavy atom. The van der Waals surface area contributed by atoms with Crippen LogP contribution in [0.25, 0.3) is 0 Å². The molecule has 2 aliphatic rings. The Bertz CT molecular complexity index is 939. The highest BCUT2D eigenvalue weighted by atomic mass is 32.2. The zero-order valence-electron chi connectivity index (χ0n) is 15.1. The fourth-order valence-corrected chi connectivity index (χ4v) is 4.27. The number of anilines is 2. The van der Waals surface area contributed by atoms with Crippen molar-refractivity contribution in [2.24, 2.45) is 0 Å². The predicted octanol–water partition coefficient (Wildman–Crippen LogP) is 2.40. The normalized spacial score (nSPS) is 16.9. The second-order valence-corrected chi connectivity index (χ2v) is 8.19. The molecule has 1 N–H and O–H groups in total. The SMILES string of the molecule is Cc1ccc(N2CCOCC2)cc1NS(=O)(=O)c1ccc2c(c1)OCCO2. The van der Waals surface area contributed by atoms with E-state index in [-0.39, 0.29) is 4.90 Å². The van der Waals surface area contributed by atoms with E-state index in [1.165, 1.54) is 12.1 Å². The number of fused-ring (bicyclic) bond motifs is 1. The number of aryl methyl sites for hydroxylation is 1. The summed E-state index contributed by atoms with van der Waals surface area (Å²) in [6.45, 7) is 5.67. The molecule has 0 amide bonds. The van der Waals surface area contributed by atoms with E-state index in [2.05, 4.69) is 9.62 Å². The molecular weight excluding hydrogens is 368 g/mol. The van der Waals surface area contributed by atoms with Gasteiger partial charge in [-0.3, -0.25) is 4.72 Å². The summed E-state index contributed by atoms with van der Waals surface area (Å²) in [5.74, 6) is 1.01. The molecule has 8 heteroatoms. The first kappa shape index (κ1) is 17.9. The van der Waals surface area contributed by atoms with Gasteiger partial charge in [-0.25, -0.2) is 8.42 Å². The third-order valence-electron chi connectivity index (χ3n) is 4.67. The Kier molecular flexibility index (Phi) is 4.84. The molecule has 1 fully saturated rings. The Labute approximate surface area is 158 Å². The number of benzene rings is 2. The van der Waals surface area contributed by atoms with Gasteiger partial charge in [-0.2, -0.15) is 0 Å². The maximum absolute atomic E-state index is 12.9. The lowest BCUT2D eigenvalue weighted by Crippen LogP contribution is -2.36. The van der Waals surface area contributed by atoms with Gasteiger partial charge in [0.15, 0.2) is 11.5 Å². The molecule has 0 aromatic heterocycles. The van der Waals surface area contributed by atoms with E-state index >= 15 is 0 Å². The molecule has 144 valence electrons. The standard InChI is InChI=1S/C19H22N2O5S/c1-14-2-3-15(21-6-8-24-9-7-21)12-17(14)20-27(22,23)16-4-5-18-19(13-16)26-11-10-25-18/h2-5,12-13,20H,6-11H2,1H3. The first-order chi connectivity index (χ1) is 13.0. The van der Waals surface area contributed by atoms with Crippen LogP contribution in [-0.4, -0.2) is 47.9 Å². The van der Waals surface area contributed by atoms with Crippen molar-refractivity contribution in [3.63, 3.8) is 0 Å². The first-order valence-corrected chi connectivity index (χ1v) is 10.4. The predicted molar refractivity (Wildman–Crippen MR) is 102 cm³/mol. The fourth-order valence-electron chi connectivity index (χ4n) is 3.13. The minimum atomic E-state index is -3.75. The van der Waals surface area contributed by atoms with Crippen molar-refractivity contribution in [3.8, 4) is 11.5 Å². The molecule has 0 spiro atoms. The first-order valence-electron chi connectivity index (χ1n) is 8.89. The van der Waals surface area contributed by atoms with Gasteiger partial charge in [0.05, 0.1) is 23.8 Å².